The van der Waals surface area contributed by atoms with E-state index in [0.717, 1.165) is 40.2 Å². The molecule has 2 heterocycles. The van der Waals surface area contributed by atoms with Gasteiger partial charge < -0.3 is 5.73 Å². The Bertz CT molecular complexity index is 843. The summed E-state index contributed by atoms with van der Waals surface area (Å²) in [5, 5.41) is 1.24. The highest BCUT2D eigenvalue weighted by molar-refractivity contribution is 7.18. The maximum atomic E-state index is 6.24. The molecule has 0 saturated carbocycles. The summed E-state index contributed by atoms with van der Waals surface area (Å²) in [6, 6.07) is 7.59. The Hall–Kier alpha value is -1.98. The Kier molecular flexibility index (Phi) is 2.90. The summed E-state index contributed by atoms with van der Waals surface area (Å²) in [7, 11) is 0. The number of nitrogen functional groups attached to an aromatic ring is 1. The molecule has 0 atom stereocenters. The van der Waals surface area contributed by atoms with Gasteiger partial charge in [-0.05, 0) is 30.5 Å². The van der Waals surface area contributed by atoms with Gasteiger partial charge in [0.2, 0.25) is 0 Å². The van der Waals surface area contributed by atoms with Crippen LogP contribution in [0.3, 0.4) is 0 Å². The number of nitrogens with zero attached hydrogens (tertiary/aromatic N) is 3. The lowest BCUT2D eigenvalue weighted by atomic mass is 9.99. The Balaban J connectivity index is 1.90. The summed E-state index contributed by atoms with van der Waals surface area (Å²) in [6.45, 7) is 0. The monoisotopic (exact) mass is 314 g/mol. The number of fused-ring (bicyclic) bond motifs is 3. The maximum absolute atomic E-state index is 6.24. The summed E-state index contributed by atoms with van der Waals surface area (Å²) >= 11 is 7.72. The van der Waals surface area contributed by atoms with Crippen molar-refractivity contribution in [3.8, 4) is 22.0 Å². The Labute approximate surface area is 130 Å². The molecule has 21 heavy (non-hydrogen) atoms. The maximum Gasteiger partial charge on any atom is 0.180 e. The summed E-state index contributed by atoms with van der Waals surface area (Å²) < 4.78 is 0. The van der Waals surface area contributed by atoms with E-state index in [4.69, 9.17) is 22.3 Å². The zero-order chi connectivity index (χ0) is 14.4. The number of thiazole rings is 1. The minimum Gasteiger partial charge on any atom is -0.375 e. The quantitative estimate of drug-likeness (QED) is 0.745. The Morgan fingerprint density at radius 1 is 1.14 bits per heavy atom. The molecule has 6 heteroatoms. The molecule has 0 bridgehead atoms. The van der Waals surface area contributed by atoms with Crippen LogP contribution >= 0.6 is 22.9 Å². The van der Waals surface area contributed by atoms with Gasteiger partial charge in [0.05, 0.1) is 21.3 Å². The number of hydrogen-bond acceptors (Lipinski definition) is 5. The standard InChI is InChI=1S/C15H11ClN4S/c16-10-4-2-1-3-9(10)14-18-7-8-5-6-11-13(12(8)20-14)21-15(17)19-11/h1-4,7H,5-6H2,(H2,17,19). The number of anilines is 1. The van der Waals surface area contributed by atoms with Crippen molar-refractivity contribution in [3.63, 3.8) is 0 Å². The van der Waals surface area contributed by atoms with Crippen molar-refractivity contribution in [2.45, 2.75) is 12.8 Å². The minimum absolute atomic E-state index is 0.589. The van der Waals surface area contributed by atoms with Gasteiger partial charge in [-0.25, -0.2) is 15.0 Å². The first-order chi connectivity index (χ1) is 10.2. The fourth-order valence-corrected chi connectivity index (χ4v) is 3.66. The van der Waals surface area contributed by atoms with Crippen molar-refractivity contribution in [2.24, 2.45) is 0 Å². The first-order valence-electron chi connectivity index (χ1n) is 6.59. The number of nitrogens with two attached hydrogens (primary N) is 1. The number of benzene rings is 1. The lowest BCUT2D eigenvalue weighted by Crippen LogP contribution is -2.06. The van der Waals surface area contributed by atoms with Crippen molar-refractivity contribution in [3.05, 3.63) is 46.7 Å². The van der Waals surface area contributed by atoms with Gasteiger partial charge >= 0.3 is 0 Å². The van der Waals surface area contributed by atoms with Crippen molar-refractivity contribution in [2.75, 3.05) is 5.73 Å². The Morgan fingerprint density at radius 2 is 2.00 bits per heavy atom. The van der Waals surface area contributed by atoms with E-state index in [0.29, 0.717) is 16.0 Å². The van der Waals surface area contributed by atoms with Gasteiger partial charge in [-0.3, -0.25) is 0 Å². The second-order valence-electron chi connectivity index (χ2n) is 4.88. The molecule has 0 radical (unpaired) electrons. The summed E-state index contributed by atoms with van der Waals surface area (Å²) in [4.78, 5) is 14.6. The van der Waals surface area contributed by atoms with E-state index in [1.165, 1.54) is 11.3 Å². The van der Waals surface area contributed by atoms with Gasteiger partial charge in [0.15, 0.2) is 11.0 Å². The third kappa shape index (κ3) is 2.09. The highest BCUT2D eigenvalue weighted by Gasteiger charge is 2.23. The van der Waals surface area contributed by atoms with E-state index in [1.807, 2.05) is 30.5 Å². The minimum atomic E-state index is 0.589. The zero-order valence-electron chi connectivity index (χ0n) is 11.0. The molecule has 0 fully saturated rings. The molecule has 1 aliphatic rings. The molecule has 0 aliphatic heterocycles. The number of aromatic nitrogens is 3. The third-order valence-corrected chi connectivity index (χ3v) is 4.80. The van der Waals surface area contributed by atoms with Crippen molar-refractivity contribution in [1.82, 2.24) is 15.0 Å². The van der Waals surface area contributed by atoms with E-state index < -0.39 is 0 Å². The number of hydrogen-bond donors (Lipinski definition) is 1. The molecule has 0 unspecified atom stereocenters. The molecule has 1 aliphatic carbocycles. The third-order valence-electron chi connectivity index (χ3n) is 3.54. The first kappa shape index (κ1) is 12.7. The number of aryl methyl sites for hydroxylation is 2. The van der Waals surface area contributed by atoms with Gasteiger partial charge in [0.1, 0.15) is 0 Å². The van der Waals surface area contributed by atoms with Crippen molar-refractivity contribution < 1.29 is 0 Å². The van der Waals surface area contributed by atoms with Crippen LogP contribution in [0.1, 0.15) is 11.3 Å². The van der Waals surface area contributed by atoms with Crippen LogP contribution in [0.2, 0.25) is 5.02 Å². The smallest absolute Gasteiger partial charge is 0.180 e. The summed E-state index contributed by atoms with van der Waals surface area (Å²) in [5.41, 5.74) is 9.79. The average Bonchev–Trinajstić information content (AvgIpc) is 2.88. The normalized spacial score (nSPS) is 12.8. The lowest BCUT2D eigenvalue weighted by molar-refractivity contribution is 0.889. The van der Waals surface area contributed by atoms with Gasteiger partial charge in [0.25, 0.3) is 0 Å². The molecule has 104 valence electrons. The molecule has 2 aromatic heterocycles. The predicted molar refractivity (Wildman–Crippen MR) is 85.4 cm³/mol. The van der Waals surface area contributed by atoms with Crippen LogP contribution in [0.15, 0.2) is 30.5 Å². The van der Waals surface area contributed by atoms with Crippen LogP contribution in [-0.4, -0.2) is 15.0 Å². The van der Waals surface area contributed by atoms with Gasteiger partial charge in [-0.2, -0.15) is 0 Å². The highest BCUT2D eigenvalue weighted by Crippen LogP contribution is 2.38. The molecular weight excluding hydrogens is 304 g/mol. The van der Waals surface area contributed by atoms with Gasteiger partial charge in [0, 0.05) is 11.8 Å². The lowest BCUT2D eigenvalue weighted by Gasteiger charge is -2.14. The van der Waals surface area contributed by atoms with E-state index in [-0.39, 0.29) is 0 Å². The van der Waals surface area contributed by atoms with Crippen LogP contribution in [0, 0.1) is 0 Å². The summed E-state index contributed by atoms with van der Waals surface area (Å²) in [6.07, 6.45) is 3.68. The molecule has 2 N–H and O–H groups in total. The topological polar surface area (TPSA) is 64.7 Å². The Morgan fingerprint density at radius 3 is 2.86 bits per heavy atom. The number of rotatable bonds is 1. The molecule has 4 rings (SSSR count). The molecular formula is C15H11ClN4S. The van der Waals surface area contributed by atoms with E-state index in [1.54, 1.807) is 0 Å². The molecule has 0 saturated heterocycles. The van der Waals surface area contributed by atoms with Gasteiger partial charge in [-0.1, -0.05) is 35.1 Å². The zero-order valence-corrected chi connectivity index (χ0v) is 12.6. The second-order valence-corrected chi connectivity index (χ2v) is 6.31. The second kappa shape index (κ2) is 4.79. The van der Waals surface area contributed by atoms with Crippen molar-refractivity contribution in [1.29, 1.82) is 0 Å². The fraction of sp³-hybridized carbons (Fsp3) is 0.133. The van der Waals surface area contributed by atoms with Crippen molar-refractivity contribution >= 4 is 28.1 Å². The van der Waals surface area contributed by atoms with E-state index >= 15 is 0 Å². The molecule has 4 nitrogen and oxygen atoms in total. The van der Waals surface area contributed by atoms with Crippen LogP contribution in [-0.2, 0) is 12.8 Å². The van der Waals surface area contributed by atoms with Crippen LogP contribution < -0.4 is 5.73 Å². The SMILES string of the molecule is Nc1nc2c(s1)-c1nc(-c3ccccc3Cl)ncc1CC2. The molecule has 0 amide bonds. The van der Waals surface area contributed by atoms with Crippen LogP contribution in [0.25, 0.3) is 22.0 Å². The highest BCUT2D eigenvalue weighted by atomic mass is 35.5. The molecule has 0 spiro atoms. The van der Waals surface area contributed by atoms with Gasteiger partial charge in [-0.15, -0.1) is 0 Å². The summed E-state index contributed by atoms with van der Waals surface area (Å²) in [5.74, 6) is 0.638. The van der Waals surface area contributed by atoms with Crippen LogP contribution in [0.5, 0.6) is 0 Å². The molecule has 3 aromatic rings. The van der Waals surface area contributed by atoms with E-state index in [9.17, 15) is 0 Å². The molecule has 1 aromatic carbocycles. The number of halogens is 1. The average molecular weight is 315 g/mol. The predicted octanol–water partition coefficient (Wildman–Crippen LogP) is 3.60. The van der Waals surface area contributed by atoms with E-state index in [2.05, 4.69) is 9.97 Å². The largest absolute Gasteiger partial charge is 0.375 e. The first-order valence-corrected chi connectivity index (χ1v) is 7.78. The van der Waals surface area contributed by atoms with Crippen LogP contribution in [0.4, 0.5) is 5.13 Å². The fourth-order valence-electron chi connectivity index (χ4n) is 2.54.